The van der Waals surface area contributed by atoms with Crippen molar-refractivity contribution in [2.75, 3.05) is 47.5 Å². The van der Waals surface area contributed by atoms with Crippen LogP contribution in [0.15, 0.2) is 85.1 Å². The molecule has 0 saturated heterocycles. The molecule has 0 saturated carbocycles. The van der Waals surface area contributed by atoms with Crippen molar-refractivity contribution in [3.05, 3.63) is 85.1 Å². The van der Waals surface area contributed by atoms with Crippen LogP contribution < -0.4 is 0 Å². The van der Waals surface area contributed by atoms with E-state index >= 15 is 0 Å². The molecule has 0 aromatic carbocycles. The lowest BCUT2D eigenvalue weighted by atomic mass is 10.0. The van der Waals surface area contributed by atoms with Gasteiger partial charge in [0, 0.05) is 12.8 Å². The van der Waals surface area contributed by atoms with Gasteiger partial charge in [0.25, 0.3) is 6.29 Å². The number of carbonyl (C=O) groups excluding carboxylic acids is 2. The number of aliphatic carboxylic acids is 1. The molecule has 2 atom stereocenters. The molecule has 444 valence electrons. The second-order valence-electron chi connectivity index (χ2n) is 22.3. The first-order chi connectivity index (χ1) is 37.6. The Bertz CT molecular complexity index is 1540. The van der Waals surface area contributed by atoms with E-state index in [9.17, 15) is 19.5 Å². The third-order valence-corrected chi connectivity index (χ3v) is 13.7. The zero-order chi connectivity index (χ0) is 56.2. The van der Waals surface area contributed by atoms with Crippen LogP contribution in [0.25, 0.3) is 0 Å². The van der Waals surface area contributed by atoms with Crippen molar-refractivity contribution in [2.24, 2.45) is 0 Å². The van der Waals surface area contributed by atoms with Crippen molar-refractivity contribution in [3.8, 4) is 0 Å². The van der Waals surface area contributed by atoms with E-state index in [1.54, 1.807) is 0 Å². The minimum absolute atomic E-state index is 0.174. The number of unbranched alkanes of at least 4 members (excludes halogenated alkanes) is 29. The third kappa shape index (κ3) is 60.0. The molecule has 0 heterocycles. The van der Waals surface area contributed by atoms with Gasteiger partial charge in [-0.3, -0.25) is 9.59 Å². The number of rotatable bonds is 58. The zero-order valence-corrected chi connectivity index (χ0v) is 50.6. The molecule has 0 fully saturated rings. The SMILES string of the molecule is CC/C=C\C/C=C\C/C=C\C/C=C\C/C=C\C/C=C\C/C=C\CCCC(=O)OC(COC(=O)CCCCCCCCCCCCCCCCCCCCCCCCCCCCCCC)COC(OCC[N+](C)(C)C)C(=O)O. The van der Waals surface area contributed by atoms with Gasteiger partial charge in [0.15, 0.2) is 6.10 Å². The number of esters is 2. The van der Waals surface area contributed by atoms with Gasteiger partial charge in [0.1, 0.15) is 13.2 Å². The number of carbonyl (C=O) groups is 3. The van der Waals surface area contributed by atoms with Gasteiger partial charge in [0.2, 0.25) is 0 Å². The van der Waals surface area contributed by atoms with Crippen molar-refractivity contribution in [2.45, 2.75) is 283 Å². The minimum atomic E-state index is -1.53. The number of carboxylic acid groups (broad SMARTS) is 1. The summed E-state index contributed by atoms with van der Waals surface area (Å²) < 4.78 is 22.8. The predicted molar refractivity (Wildman–Crippen MR) is 327 cm³/mol. The van der Waals surface area contributed by atoms with Crippen molar-refractivity contribution in [1.82, 2.24) is 0 Å². The Morgan fingerprint density at radius 1 is 0.403 bits per heavy atom. The molecule has 2 unspecified atom stereocenters. The van der Waals surface area contributed by atoms with E-state index in [0.29, 0.717) is 17.4 Å². The second-order valence-corrected chi connectivity index (χ2v) is 22.3. The summed E-state index contributed by atoms with van der Waals surface area (Å²) in [7, 11) is 5.95. The second kappa shape index (κ2) is 58.6. The van der Waals surface area contributed by atoms with Gasteiger partial charge in [-0.1, -0.05) is 279 Å². The molecule has 9 heteroatoms. The molecule has 9 nitrogen and oxygen atoms in total. The fourth-order valence-electron chi connectivity index (χ4n) is 8.83. The highest BCUT2D eigenvalue weighted by Crippen LogP contribution is 2.17. The molecule has 0 bridgehead atoms. The number of hydrogen-bond donors (Lipinski definition) is 1. The van der Waals surface area contributed by atoms with Gasteiger partial charge < -0.3 is 28.5 Å². The lowest BCUT2D eigenvalue weighted by Crippen LogP contribution is -2.40. The van der Waals surface area contributed by atoms with Gasteiger partial charge >= 0.3 is 17.9 Å². The highest BCUT2D eigenvalue weighted by atomic mass is 16.7. The van der Waals surface area contributed by atoms with Crippen LogP contribution >= 0.6 is 0 Å². The summed E-state index contributed by atoms with van der Waals surface area (Å²) in [6.45, 7) is 4.72. The highest BCUT2D eigenvalue weighted by Gasteiger charge is 2.25. The van der Waals surface area contributed by atoms with Crippen LogP contribution in [0.4, 0.5) is 0 Å². The Kier molecular flexibility index (Phi) is 55.9. The minimum Gasteiger partial charge on any atom is -0.477 e. The summed E-state index contributed by atoms with van der Waals surface area (Å²) in [5.41, 5.74) is 0. The standard InChI is InChI=1S/C68H119NO8/c1-6-8-10-12-14-16-18-20-22-24-26-28-30-31-32-33-34-35-37-38-40-42-44-46-48-50-52-54-56-58-65(70)75-62-64(63-76-68(67(72)73)74-61-60-69(3,4)5)77-66(71)59-57-55-53-51-49-47-45-43-41-39-36-29-27-25-23-21-19-17-15-13-11-9-7-2/h9,11,15,17,21,23,27,29,39,41,45,47,51,53,64,68H,6-8,10,12-14,16,18-20,22,24-26,28,30-38,40,42-44,46,48-50,52,54-63H2,1-5H3/p+1/b11-9-,17-15-,23-21-,29-27-,41-39-,47-45-,53-51-. The van der Waals surface area contributed by atoms with E-state index in [-0.39, 0.29) is 38.6 Å². The molecule has 0 amide bonds. The third-order valence-electron chi connectivity index (χ3n) is 13.7. The molecule has 0 rings (SSSR count). The summed E-state index contributed by atoms with van der Waals surface area (Å²) in [5.74, 6) is -2.08. The van der Waals surface area contributed by atoms with Crippen LogP contribution in [0.2, 0.25) is 0 Å². The van der Waals surface area contributed by atoms with E-state index in [0.717, 1.165) is 70.6 Å². The van der Waals surface area contributed by atoms with E-state index in [1.165, 1.54) is 167 Å². The Morgan fingerprint density at radius 2 is 0.740 bits per heavy atom. The molecule has 0 radical (unpaired) electrons. The molecule has 0 aliphatic carbocycles. The molecule has 0 aliphatic rings. The van der Waals surface area contributed by atoms with Gasteiger partial charge in [-0.15, -0.1) is 0 Å². The van der Waals surface area contributed by atoms with E-state index in [1.807, 2.05) is 21.1 Å². The molecule has 0 aliphatic heterocycles. The Morgan fingerprint density at radius 3 is 1.09 bits per heavy atom. The summed E-state index contributed by atoms with van der Waals surface area (Å²) in [6.07, 6.45) is 75.5. The molecule has 77 heavy (non-hydrogen) atoms. The van der Waals surface area contributed by atoms with Crippen LogP contribution in [-0.2, 0) is 33.3 Å². The topological polar surface area (TPSA) is 108 Å². The lowest BCUT2D eigenvalue weighted by Gasteiger charge is -2.25. The Hall–Kier alpha value is -3.53. The van der Waals surface area contributed by atoms with Crippen LogP contribution in [0.5, 0.6) is 0 Å². The number of ether oxygens (including phenoxy) is 4. The quantitative estimate of drug-likeness (QED) is 0.0211. The Labute approximate surface area is 474 Å². The number of likely N-dealkylation sites (N-methyl/N-ethyl adjacent to an activating group) is 1. The average Bonchev–Trinajstić information content (AvgIpc) is 3.40. The van der Waals surface area contributed by atoms with E-state index in [4.69, 9.17) is 18.9 Å². The van der Waals surface area contributed by atoms with Crippen molar-refractivity contribution in [1.29, 1.82) is 0 Å². The molecule has 0 aromatic heterocycles. The smallest absolute Gasteiger partial charge is 0.361 e. The molecule has 1 N–H and O–H groups in total. The zero-order valence-electron chi connectivity index (χ0n) is 50.6. The number of carboxylic acids is 1. The molecule has 0 spiro atoms. The normalized spacial score (nSPS) is 13.3. The van der Waals surface area contributed by atoms with E-state index in [2.05, 4.69) is 98.9 Å². The first-order valence-corrected chi connectivity index (χ1v) is 31.8. The molecule has 0 aromatic rings. The number of nitrogens with zero attached hydrogens (tertiary/aromatic N) is 1. The maximum atomic E-state index is 12.9. The van der Waals surface area contributed by atoms with Crippen molar-refractivity contribution in [3.63, 3.8) is 0 Å². The van der Waals surface area contributed by atoms with Crippen LogP contribution in [0.3, 0.4) is 0 Å². The number of allylic oxidation sites excluding steroid dienone is 14. The Balaban J connectivity index is 4.23. The van der Waals surface area contributed by atoms with Gasteiger partial charge in [-0.2, -0.15) is 0 Å². The summed E-state index contributed by atoms with van der Waals surface area (Å²) >= 11 is 0. The maximum absolute atomic E-state index is 12.9. The molecular formula is C68H120NO8+. The first-order valence-electron chi connectivity index (χ1n) is 31.8. The average molecular weight is 1080 g/mol. The highest BCUT2D eigenvalue weighted by molar-refractivity contribution is 5.71. The summed E-state index contributed by atoms with van der Waals surface area (Å²) in [4.78, 5) is 37.5. The van der Waals surface area contributed by atoms with Gasteiger partial charge in [-0.25, -0.2) is 4.79 Å². The number of hydrogen-bond acceptors (Lipinski definition) is 7. The van der Waals surface area contributed by atoms with Crippen molar-refractivity contribution < 1.29 is 42.9 Å². The predicted octanol–water partition coefficient (Wildman–Crippen LogP) is 19.1. The van der Waals surface area contributed by atoms with Crippen LogP contribution in [0.1, 0.15) is 271 Å². The number of quaternary nitrogens is 1. The first kappa shape index (κ1) is 73.5. The van der Waals surface area contributed by atoms with Crippen molar-refractivity contribution >= 4 is 17.9 Å². The van der Waals surface area contributed by atoms with Crippen LogP contribution in [0, 0.1) is 0 Å². The maximum Gasteiger partial charge on any atom is 0.361 e. The lowest BCUT2D eigenvalue weighted by molar-refractivity contribution is -0.870. The van der Waals surface area contributed by atoms with Gasteiger partial charge in [-0.05, 0) is 64.2 Å². The monoisotopic (exact) mass is 1080 g/mol. The summed E-state index contributed by atoms with van der Waals surface area (Å²) in [6, 6.07) is 0. The van der Waals surface area contributed by atoms with E-state index < -0.39 is 24.3 Å². The fraction of sp³-hybridized carbons (Fsp3) is 0.750. The largest absolute Gasteiger partial charge is 0.477 e. The van der Waals surface area contributed by atoms with Gasteiger partial charge in [0.05, 0.1) is 34.4 Å². The summed E-state index contributed by atoms with van der Waals surface area (Å²) in [5, 5.41) is 9.71. The fourth-order valence-corrected chi connectivity index (χ4v) is 8.83. The van der Waals surface area contributed by atoms with Crippen LogP contribution in [-0.4, -0.2) is 87.4 Å². The molecular weight excluding hydrogens is 959 g/mol.